The Hall–Kier alpha value is -2.80. The van der Waals surface area contributed by atoms with Crippen LogP contribution in [0.1, 0.15) is 10.4 Å². The van der Waals surface area contributed by atoms with Crippen LogP contribution in [0, 0.1) is 0 Å². The third-order valence-corrected chi connectivity index (χ3v) is 3.60. The van der Waals surface area contributed by atoms with Crippen molar-refractivity contribution in [2.24, 2.45) is 0 Å². The van der Waals surface area contributed by atoms with E-state index in [0.29, 0.717) is 11.1 Å². The number of nitrogens with zero attached hydrogens (tertiary/aromatic N) is 1. The number of amides is 1. The smallest absolute Gasteiger partial charge is 0.406 e. The fraction of sp³-hybridized carbons (Fsp3) is 0.0588. The lowest BCUT2D eigenvalue weighted by atomic mass is 10.1. The average molecular weight is 367 g/mol. The molecule has 3 aromatic rings. The maximum Gasteiger partial charge on any atom is 0.573 e. The third kappa shape index (κ3) is 4.19. The van der Waals surface area contributed by atoms with Crippen molar-refractivity contribution in [1.29, 1.82) is 0 Å². The van der Waals surface area contributed by atoms with Gasteiger partial charge in [0.15, 0.2) is 0 Å². The lowest BCUT2D eigenvalue weighted by Gasteiger charge is -2.12. The van der Waals surface area contributed by atoms with Crippen molar-refractivity contribution in [1.82, 2.24) is 4.98 Å². The van der Waals surface area contributed by atoms with E-state index in [4.69, 9.17) is 11.6 Å². The van der Waals surface area contributed by atoms with Crippen molar-refractivity contribution in [3.8, 4) is 5.75 Å². The van der Waals surface area contributed by atoms with Crippen LogP contribution in [0.15, 0.2) is 54.7 Å². The molecule has 0 fully saturated rings. The SMILES string of the molecule is O=C(Nc1ccc(OC(F)(F)F)cc1Cl)c1ccc2cccnc2c1. The molecule has 4 nitrogen and oxygen atoms in total. The van der Waals surface area contributed by atoms with Crippen LogP contribution in [0.2, 0.25) is 5.02 Å². The second-order valence-corrected chi connectivity index (χ2v) is 5.46. The molecule has 0 unspecified atom stereocenters. The molecule has 0 aliphatic rings. The molecule has 0 aliphatic carbocycles. The van der Waals surface area contributed by atoms with Gasteiger partial charge in [0.1, 0.15) is 5.75 Å². The second kappa shape index (κ2) is 6.60. The van der Waals surface area contributed by atoms with E-state index in [1.165, 1.54) is 6.07 Å². The van der Waals surface area contributed by atoms with Crippen molar-refractivity contribution < 1.29 is 22.7 Å². The lowest BCUT2D eigenvalue weighted by Crippen LogP contribution is -2.17. The molecule has 3 rings (SSSR count). The van der Waals surface area contributed by atoms with Gasteiger partial charge in [-0.25, -0.2) is 0 Å². The fourth-order valence-corrected chi connectivity index (χ4v) is 2.41. The number of aromatic nitrogens is 1. The predicted octanol–water partition coefficient (Wildman–Crippen LogP) is 5.04. The molecule has 0 spiro atoms. The van der Waals surface area contributed by atoms with Gasteiger partial charge in [0.25, 0.3) is 5.91 Å². The maximum absolute atomic E-state index is 12.3. The number of benzene rings is 2. The lowest BCUT2D eigenvalue weighted by molar-refractivity contribution is -0.274. The van der Waals surface area contributed by atoms with E-state index in [2.05, 4.69) is 15.0 Å². The summed E-state index contributed by atoms with van der Waals surface area (Å²) in [6, 6.07) is 11.9. The number of carbonyl (C=O) groups excluding carboxylic acids is 1. The average Bonchev–Trinajstić information content (AvgIpc) is 2.55. The van der Waals surface area contributed by atoms with Gasteiger partial charge >= 0.3 is 6.36 Å². The zero-order valence-corrected chi connectivity index (χ0v) is 13.2. The summed E-state index contributed by atoms with van der Waals surface area (Å²) in [4.78, 5) is 16.5. The fourth-order valence-electron chi connectivity index (χ4n) is 2.20. The summed E-state index contributed by atoms with van der Waals surface area (Å²) in [6.45, 7) is 0. The first kappa shape index (κ1) is 17.0. The van der Waals surface area contributed by atoms with Crippen molar-refractivity contribution in [3.63, 3.8) is 0 Å². The van der Waals surface area contributed by atoms with Gasteiger partial charge in [-0.05, 0) is 30.3 Å². The topological polar surface area (TPSA) is 51.2 Å². The van der Waals surface area contributed by atoms with E-state index in [1.54, 1.807) is 30.5 Å². The number of fused-ring (bicyclic) bond motifs is 1. The number of rotatable bonds is 3. The minimum atomic E-state index is -4.81. The Morgan fingerprint density at radius 1 is 1.12 bits per heavy atom. The van der Waals surface area contributed by atoms with Gasteiger partial charge in [-0.2, -0.15) is 0 Å². The molecule has 0 atom stereocenters. The highest BCUT2D eigenvalue weighted by atomic mass is 35.5. The van der Waals surface area contributed by atoms with E-state index in [9.17, 15) is 18.0 Å². The van der Waals surface area contributed by atoms with Crippen LogP contribution in [0.4, 0.5) is 18.9 Å². The molecule has 1 aromatic heterocycles. The number of alkyl halides is 3. The molecule has 2 aromatic carbocycles. The van der Waals surface area contributed by atoms with E-state index < -0.39 is 18.0 Å². The number of carbonyl (C=O) groups is 1. The Balaban J connectivity index is 1.80. The summed E-state index contributed by atoms with van der Waals surface area (Å²) in [6.07, 6.45) is -3.20. The van der Waals surface area contributed by atoms with Gasteiger partial charge in [0.05, 0.1) is 16.2 Å². The van der Waals surface area contributed by atoms with Gasteiger partial charge in [0.2, 0.25) is 0 Å². The molecule has 1 N–H and O–H groups in total. The van der Waals surface area contributed by atoms with Crippen molar-refractivity contribution in [3.05, 3.63) is 65.3 Å². The Labute approximate surface area is 145 Å². The largest absolute Gasteiger partial charge is 0.573 e. The Kier molecular flexibility index (Phi) is 4.50. The monoisotopic (exact) mass is 366 g/mol. The molecular formula is C17H10ClF3N2O2. The van der Waals surface area contributed by atoms with Gasteiger partial charge in [0, 0.05) is 23.2 Å². The van der Waals surface area contributed by atoms with Crippen LogP contribution in [-0.2, 0) is 0 Å². The highest BCUT2D eigenvalue weighted by molar-refractivity contribution is 6.34. The molecule has 25 heavy (non-hydrogen) atoms. The molecule has 8 heteroatoms. The minimum absolute atomic E-state index is 0.0750. The van der Waals surface area contributed by atoms with Crippen LogP contribution in [0.3, 0.4) is 0 Å². The number of pyridine rings is 1. The van der Waals surface area contributed by atoms with Crippen molar-refractivity contribution in [2.45, 2.75) is 6.36 Å². The Morgan fingerprint density at radius 3 is 2.64 bits per heavy atom. The van der Waals surface area contributed by atoms with Gasteiger partial charge < -0.3 is 10.1 Å². The Morgan fingerprint density at radius 2 is 1.92 bits per heavy atom. The van der Waals surface area contributed by atoms with Crippen molar-refractivity contribution in [2.75, 3.05) is 5.32 Å². The molecule has 0 radical (unpaired) electrons. The standard InChI is InChI=1S/C17H10ClF3N2O2/c18-13-9-12(25-17(19,20)21)5-6-14(13)23-16(24)11-4-3-10-2-1-7-22-15(10)8-11/h1-9H,(H,23,24). The number of halogens is 4. The molecule has 0 saturated heterocycles. The second-order valence-electron chi connectivity index (χ2n) is 5.05. The van der Waals surface area contributed by atoms with Gasteiger partial charge in [-0.3, -0.25) is 9.78 Å². The zero-order valence-electron chi connectivity index (χ0n) is 12.5. The summed E-state index contributed by atoms with van der Waals surface area (Å²) in [5, 5.41) is 3.35. The first-order chi connectivity index (χ1) is 11.8. The number of ether oxygens (including phenoxy) is 1. The van der Waals surface area contributed by atoms with Gasteiger partial charge in [-0.15, -0.1) is 13.2 Å². The van der Waals surface area contributed by atoms with Crippen LogP contribution in [0.25, 0.3) is 10.9 Å². The highest BCUT2D eigenvalue weighted by Gasteiger charge is 2.31. The summed E-state index contributed by atoms with van der Waals surface area (Å²) in [5.41, 5.74) is 1.16. The van der Waals surface area contributed by atoms with E-state index in [1.807, 2.05) is 6.07 Å². The van der Waals surface area contributed by atoms with Crippen LogP contribution in [0.5, 0.6) is 5.75 Å². The normalized spacial score (nSPS) is 11.4. The van der Waals surface area contributed by atoms with Crippen LogP contribution in [-0.4, -0.2) is 17.3 Å². The first-order valence-corrected chi connectivity index (χ1v) is 7.41. The minimum Gasteiger partial charge on any atom is -0.406 e. The van der Waals surface area contributed by atoms with Crippen molar-refractivity contribution >= 4 is 34.1 Å². The van der Waals surface area contributed by atoms with Crippen LogP contribution >= 0.6 is 11.6 Å². The Bertz CT molecular complexity index is 945. The van der Waals surface area contributed by atoms with E-state index >= 15 is 0 Å². The molecule has 1 amide bonds. The predicted molar refractivity (Wildman–Crippen MR) is 87.8 cm³/mol. The summed E-state index contributed by atoms with van der Waals surface area (Å²) < 4.78 is 40.3. The summed E-state index contributed by atoms with van der Waals surface area (Å²) >= 11 is 5.91. The molecule has 1 heterocycles. The molecule has 128 valence electrons. The van der Waals surface area contributed by atoms with Crippen LogP contribution < -0.4 is 10.1 Å². The first-order valence-electron chi connectivity index (χ1n) is 7.03. The number of anilines is 1. The molecule has 0 bridgehead atoms. The summed E-state index contributed by atoms with van der Waals surface area (Å²) in [5.74, 6) is -0.927. The number of hydrogen-bond donors (Lipinski definition) is 1. The molecular weight excluding hydrogens is 357 g/mol. The third-order valence-electron chi connectivity index (χ3n) is 3.29. The quantitative estimate of drug-likeness (QED) is 0.706. The van der Waals surface area contributed by atoms with Gasteiger partial charge in [-0.1, -0.05) is 23.7 Å². The zero-order chi connectivity index (χ0) is 18.0. The highest BCUT2D eigenvalue weighted by Crippen LogP contribution is 2.30. The van der Waals surface area contributed by atoms with E-state index in [0.717, 1.165) is 17.5 Å². The van der Waals surface area contributed by atoms with E-state index in [-0.39, 0.29) is 10.7 Å². The number of nitrogens with one attached hydrogen (secondary N) is 1. The number of hydrogen-bond acceptors (Lipinski definition) is 3. The molecule has 0 aliphatic heterocycles. The summed E-state index contributed by atoms with van der Waals surface area (Å²) in [7, 11) is 0. The molecule has 0 saturated carbocycles. The maximum atomic E-state index is 12.3.